The molecule has 0 bridgehead atoms. The summed E-state index contributed by atoms with van der Waals surface area (Å²) in [6.07, 6.45) is 0.194. The number of amides is 1. The van der Waals surface area contributed by atoms with Crippen molar-refractivity contribution >= 4 is 23.5 Å². The van der Waals surface area contributed by atoms with E-state index in [0.29, 0.717) is 57.4 Å². The molecule has 0 aliphatic carbocycles. The minimum atomic E-state index is -1.23. The summed E-state index contributed by atoms with van der Waals surface area (Å²) in [5, 5.41) is 23.7. The molecular weight excluding hydrogens is 759 g/mol. The summed E-state index contributed by atoms with van der Waals surface area (Å²) in [5.41, 5.74) is 5.95. The van der Waals surface area contributed by atoms with Crippen molar-refractivity contribution in [1.82, 2.24) is 30.1 Å². The largest absolute Gasteiger partial charge is 0.458 e. The number of ether oxygens (including phenoxy) is 5. The number of fused-ring (bicyclic) bond motifs is 1. The van der Waals surface area contributed by atoms with Gasteiger partial charge in [-0.2, -0.15) is 0 Å². The zero-order valence-electron chi connectivity index (χ0n) is 36.9. The number of nitrogen functional groups attached to an aromatic ring is 1. The van der Waals surface area contributed by atoms with E-state index in [2.05, 4.69) is 22.6 Å². The average Bonchev–Trinajstić information content (AvgIpc) is 3.77. The summed E-state index contributed by atoms with van der Waals surface area (Å²) in [6.45, 7) is 16.4. The Morgan fingerprint density at radius 2 is 1.81 bits per heavy atom. The number of ketones is 1. The molecule has 3 fully saturated rings. The third-order valence-corrected chi connectivity index (χ3v) is 12.8. The minimum absolute atomic E-state index is 0. The van der Waals surface area contributed by atoms with Gasteiger partial charge < -0.3 is 44.7 Å². The second-order valence-corrected chi connectivity index (χ2v) is 17.8. The molecule has 13 atom stereocenters. The molecule has 4 heterocycles. The first-order valence-electron chi connectivity index (χ1n) is 21.3. The third kappa shape index (κ3) is 10.3. The lowest BCUT2D eigenvalue weighted by Crippen LogP contribution is -2.61. The van der Waals surface area contributed by atoms with Crippen molar-refractivity contribution in [3.05, 3.63) is 30.5 Å². The normalized spacial score (nSPS) is 36.5. The van der Waals surface area contributed by atoms with Crippen LogP contribution in [-0.4, -0.2) is 142 Å². The molecule has 3 unspecified atom stereocenters. The lowest BCUT2D eigenvalue weighted by Gasteiger charge is -2.46. The second-order valence-electron chi connectivity index (χ2n) is 17.8. The molecule has 3 saturated heterocycles. The van der Waals surface area contributed by atoms with E-state index in [4.69, 9.17) is 29.4 Å². The maximum Gasteiger partial charge on any atom is 0.410 e. The van der Waals surface area contributed by atoms with Gasteiger partial charge in [0.2, 0.25) is 0 Å². The number of aryl methyl sites for hydroxylation is 1. The molecule has 59 heavy (non-hydrogen) atoms. The first-order chi connectivity index (χ1) is 27.8. The molecule has 332 valence electrons. The van der Waals surface area contributed by atoms with E-state index in [0.717, 1.165) is 11.3 Å². The number of nitrogens with one attached hydrogen (secondary N) is 1. The number of Topliss-reactive ketones (excluding diaryl/α,β-unsaturated/α-hetero) is 1. The Kier molecular flexibility index (Phi) is 15.2. The van der Waals surface area contributed by atoms with Crippen molar-refractivity contribution in [1.29, 1.82) is 0 Å². The Labute approximate surface area is 351 Å². The number of unbranched alkanes of at least 4 members (excludes halogenated alkanes) is 1. The number of nitrogens with two attached hydrogens (primary N) is 1. The molecule has 3 aliphatic heterocycles. The second kappa shape index (κ2) is 19.4. The zero-order chi connectivity index (χ0) is 43.4. The van der Waals surface area contributed by atoms with Crippen molar-refractivity contribution in [2.75, 3.05) is 40.0 Å². The number of carbonyl (C=O) groups excluding carboxylic acids is 3. The molecule has 1 amide bonds. The van der Waals surface area contributed by atoms with Crippen LogP contribution >= 0.6 is 0 Å². The van der Waals surface area contributed by atoms with Crippen LogP contribution < -0.4 is 11.1 Å². The van der Waals surface area contributed by atoms with Gasteiger partial charge in [-0.15, -0.1) is 5.10 Å². The smallest absolute Gasteiger partial charge is 0.410 e. The van der Waals surface area contributed by atoms with E-state index in [9.17, 15) is 19.5 Å². The van der Waals surface area contributed by atoms with Crippen LogP contribution in [0.2, 0.25) is 0 Å². The van der Waals surface area contributed by atoms with Gasteiger partial charge in [0, 0.05) is 50.9 Å². The quantitative estimate of drug-likeness (QED) is 0.124. The summed E-state index contributed by atoms with van der Waals surface area (Å²) in [6, 6.07) is 6.46. The van der Waals surface area contributed by atoms with Crippen LogP contribution in [0.1, 0.15) is 88.9 Å². The molecule has 16 heteroatoms. The van der Waals surface area contributed by atoms with E-state index in [1.807, 2.05) is 84.1 Å². The number of anilines is 1. The van der Waals surface area contributed by atoms with Crippen LogP contribution in [0.25, 0.3) is 11.3 Å². The van der Waals surface area contributed by atoms with Crippen molar-refractivity contribution in [3.8, 4) is 11.3 Å². The standard InChI is InChI=1S/C43H69N7O9.H2/c1-12-34-43(8)37(50(41(54)59-43)19-14-13-18-49-24-32(46-47-49)30-16-15-17-31(44)21-30)29(6)45-23-25(2)22-42(7,55-11)38(27(4)35(51)28(5)39(53)57-34)58-40-36(52)33(48(9)10)20-26(3)56-40;/h15-17,21,24-29,33-34,36-38,40,45,52H,12-14,18-20,22-23,44H2,1-11H3;1H/t25-,26-,27-,28?,29-,33?,34-,36?,37-,38-,40+,42-,43-;/m1./s1. The van der Waals surface area contributed by atoms with Crippen LogP contribution in [-0.2, 0) is 39.8 Å². The number of aromatic nitrogens is 3. The lowest BCUT2D eigenvalue weighted by atomic mass is 9.78. The molecular formula is C43H71N7O9. The number of rotatable bonds is 11. The van der Waals surface area contributed by atoms with Crippen molar-refractivity contribution < 1.29 is 44.6 Å². The maximum atomic E-state index is 14.4. The van der Waals surface area contributed by atoms with Crippen LogP contribution in [0.3, 0.4) is 0 Å². The molecule has 4 N–H and O–H groups in total. The number of cyclic esters (lactones) is 1. The van der Waals surface area contributed by atoms with Crippen LogP contribution in [0.4, 0.5) is 10.5 Å². The number of likely N-dealkylation sites (N-methyl/N-ethyl adjacent to an activating group) is 1. The fourth-order valence-electron chi connectivity index (χ4n) is 9.45. The van der Waals surface area contributed by atoms with E-state index in [-0.39, 0.29) is 25.5 Å². The fourth-order valence-corrected chi connectivity index (χ4v) is 9.45. The summed E-state index contributed by atoms with van der Waals surface area (Å²) < 4.78 is 33.3. The Bertz CT molecular complexity index is 1750. The van der Waals surface area contributed by atoms with Gasteiger partial charge in [0.1, 0.15) is 23.8 Å². The molecule has 2 aromatic rings. The highest BCUT2D eigenvalue weighted by atomic mass is 16.7. The van der Waals surface area contributed by atoms with Gasteiger partial charge in [-0.05, 0) is 105 Å². The van der Waals surface area contributed by atoms with Gasteiger partial charge in [-0.3, -0.25) is 19.2 Å². The van der Waals surface area contributed by atoms with Crippen molar-refractivity contribution in [3.63, 3.8) is 0 Å². The Hall–Kier alpha value is -3.67. The highest BCUT2D eigenvalue weighted by molar-refractivity contribution is 6.00. The molecule has 16 nitrogen and oxygen atoms in total. The number of esters is 1. The van der Waals surface area contributed by atoms with Gasteiger partial charge in [0.25, 0.3) is 0 Å². The Morgan fingerprint density at radius 1 is 1.10 bits per heavy atom. The summed E-state index contributed by atoms with van der Waals surface area (Å²) in [7, 11) is 5.39. The van der Waals surface area contributed by atoms with Crippen molar-refractivity contribution in [2.24, 2.45) is 17.8 Å². The van der Waals surface area contributed by atoms with E-state index < -0.39 is 71.5 Å². The fraction of sp³-hybridized carbons (Fsp3) is 0.744. The number of methoxy groups -OCH3 is 1. The van der Waals surface area contributed by atoms with E-state index in [1.54, 1.807) is 23.6 Å². The van der Waals surface area contributed by atoms with Gasteiger partial charge in [-0.1, -0.05) is 38.1 Å². The molecule has 0 radical (unpaired) electrons. The predicted octanol–water partition coefficient (Wildman–Crippen LogP) is 4.53. The number of hydrogen-bond acceptors (Lipinski definition) is 14. The van der Waals surface area contributed by atoms with Gasteiger partial charge in [-0.25, -0.2) is 4.79 Å². The summed E-state index contributed by atoms with van der Waals surface area (Å²) in [4.78, 5) is 45.9. The SMILES string of the molecule is CC[C@H]1OC(=O)C(C)C(=O)[C@@H](C)[C@@H](O[C@@H]2O[C@H](C)CC(N(C)C)C2O)[C@](C)(OC)C[C@@H](C)CN[C@H](C)[C@H]2N(CCCCn3cc(-c4cccc(N)c4)nn3)C(=O)O[C@]12C.[HH]. The Morgan fingerprint density at radius 3 is 2.47 bits per heavy atom. The van der Waals surface area contributed by atoms with E-state index >= 15 is 0 Å². The molecule has 5 rings (SSSR count). The van der Waals surface area contributed by atoms with E-state index in [1.165, 1.54) is 6.92 Å². The number of aliphatic hydroxyl groups excluding tert-OH is 1. The van der Waals surface area contributed by atoms with Gasteiger partial charge >= 0.3 is 12.1 Å². The lowest BCUT2D eigenvalue weighted by molar-refractivity contribution is -0.295. The molecule has 3 aliphatic rings. The molecule has 0 spiro atoms. The Balaban J connectivity index is 0.00000794. The molecule has 1 aromatic heterocycles. The highest BCUT2D eigenvalue weighted by Crippen LogP contribution is 2.40. The highest BCUT2D eigenvalue weighted by Gasteiger charge is 2.58. The summed E-state index contributed by atoms with van der Waals surface area (Å²) >= 11 is 0. The maximum absolute atomic E-state index is 14.4. The summed E-state index contributed by atoms with van der Waals surface area (Å²) in [5.74, 6) is -3.16. The van der Waals surface area contributed by atoms with Crippen molar-refractivity contribution in [2.45, 2.75) is 154 Å². The third-order valence-electron chi connectivity index (χ3n) is 12.8. The van der Waals surface area contributed by atoms with Crippen LogP contribution in [0.15, 0.2) is 30.5 Å². The predicted molar refractivity (Wildman–Crippen MR) is 224 cm³/mol. The molecule has 0 saturated carbocycles. The van der Waals surface area contributed by atoms with Crippen LogP contribution in [0.5, 0.6) is 0 Å². The number of carbonyl (C=O) groups is 3. The van der Waals surface area contributed by atoms with Crippen LogP contribution in [0, 0.1) is 17.8 Å². The number of aliphatic hydroxyl groups is 1. The first kappa shape index (κ1) is 46.4. The number of benzene rings is 1. The first-order valence-corrected chi connectivity index (χ1v) is 21.3. The van der Waals surface area contributed by atoms with Gasteiger partial charge in [0.05, 0.1) is 30.0 Å². The van der Waals surface area contributed by atoms with Gasteiger partial charge in [0.15, 0.2) is 17.7 Å². The zero-order valence-corrected chi connectivity index (χ0v) is 36.9. The number of hydrogen-bond donors (Lipinski definition) is 3. The average molecular weight is 830 g/mol. The number of nitrogens with zero attached hydrogens (tertiary/aromatic N) is 5. The minimum Gasteiger partial charge on any atom is -0.458 e. The topological polar surface area (TPSA) is 193 Å². The molecule has 1 aromatic carbocycles. The monoisotopic (exact) mass is 830 g/mol.